The van der Waals surface area contributed by atoms with E-state index in [2.05, 4.69) is 16.1 Å². The average Bonchev–Trinajstić information content (AvgIpc) is 3.15. The third kappa shape index (κ3) is 4.51. The molecule has 1 amide bonds. The molecule has 2 aromatic heterocycles. The summed E-state index contributed by atoms with van der Waals surface area (Å²) in [6.07, 6.45) is 4.07. The summed E-state index contributed by atoms with van der Waals surface area (Å²) in [6.45, 7) is 5.85. The summed E-state index contributed by atoms with van der Waals surface area (Å²) in [5.41, 5.74) is 3.09. The first-order chi connectivity index (χ1) is 14.1. The molecule has 1 fully saturated rings. The highest BCUT2D eigenvalue weighted by Crippen LogP contribution is 2.27. The van der Waals surface area contributed by atoms with E-state index in [9.17, 15) is 4.79 Å². The molecule has 0 radical (unpaired) electrons. The highest BCUT2D eigenvalue weighted by atomic mass is 16.5. The van der Waals surface area contributed by atoms with Crippen LogP contribution in [-0.4, -0.2) is 65.0 Å². The van der Waals surface area contributed by atoms with Gasteiger partial charge in [0.05, 0.1) is 12.8 Å². The molecule has 7 nitrogen and oxygen atoms in total. The lowest BCUT2D eigenvalue weighted by Gasteiger charge is -2.34. The normalized spacial score (nSPS) is 14.9. The van der Waals surface area contributed by atoms with Crippen LogP contribution in [0.1, 0.15) is 11.3 Å². The minimum absolute atomic E-state index is 0.00000760. The van der Waals surface area contributed by atoms with Gasteiger partial charge in [0.1, 0.15) is 5.65 Å². The van der Waals surface area contributed by atoms with Crippen molar-refractivity contribution < 1.29 is 14.3 Å². The summed E-state index contributed by atoms with van der Waals surface area (Å²) < 4.78 is 13.1. The summed E-state index contributed by atoms with van der Waals surface area (Å²) in [5.74, 6) is 1.24. The summed E-state index contributed by atoms with van der Waals surface area (Å²) in [5, 5.41) is 0. The molecule has 0 unspecified atom stereocenters. The van der Waals surface area contributed by atoms with Crippen molar-refractivity contribution in [3.8, 4) is 11.5 Å². The highest BCUT2D eigenvalue weighted by Gasteiger charge is 2.22. The number of pyridine rings is 1. The smallest absolute Gasteiger partial charge is 0.260 e. The van der Waals surface area contributed by atoms with Gasteiger partial charge in [-0.25, -0.2) is 4.98 Å². The van der Waals surface area contributed by atoms with Crippen molar-refractivity contribution in [1.82, 2.24) is 19.2 Å². The number of aryl methyl sites for hydroxylation is 1. The zero-order valence-corrected chi connectivity index (χ0v) is 16.9. The largest absolute Gasteiger partial charge is 0.493 e. The third-order valence-corrected chi connectivity index (χ3v) is 5.19. The maximum atomic E-state index is 12.5. The number of hydrogen-bond acceptors (Lipinski definition) is 5. The number of piperazine rings is 1. The van der Waals surface area contributed by atoms with Gasteiger partial charge in [-0.15, -0.1) is 0 Å². The predicted octanol–water partition coefficient (Wildman–Crippen LogP) is 2.37. The van der Waals surface area contributed by atoms with Gasteiger partial charge in [0, 0.05) is 45.1 Å². The fourth-order valence-electron chi connectivity index (χ4n) is 3.57. The highest BCUT2D eigenvalue weighted by molar-refractivity contribution is 5.78. The summed E-state index contributed by atoms with van der Waals surface area (Å²) in [6, 6.07) is 11.7. The maximum Gasteiger partial charge on any atom is 0.260 e. The van der Waals surface area contributed by atoms with Crippen LogP contribution in [0.4, 0.5) is 0 Å². The summed E-state index contributed by atoms with van der Waals surface area (Å²) in [4.78, 5) is 21.4. The number of fused-ring (bicyclic) bond motifs is 1. The maximum absolute atomic E-state index is 12.5. The van der Waals surface area contributed by atoms with E-state index in [-0.39, 0.29) is 12.5 Å². The number of hydrogen-bond donors (Lipinski definition) is 0. The Balaban J connectivity index is 1.27. The van der Waals surface area contributed by atoms with Gasteiger partial charge in [-0.2, -0.15) is 0 Å². The van der Waals surface area contributed by atoms with Gasteiger partial charge in [-0.3, -0.25) is 9.69 Å². The van der Waals surface area contributed by atoms with Gasteiger partial charge < -0.3 is 18.8 Å². The van der Waals surface area contributed by atoms with E-state index in [1.807, 2.05) is 58.8 Å². The van der Waals surface area contributed by atoms with E-state index < -0.39 is 0 Å². The predicted molar refractivity (Wildman–Crippen MR) is 110 cm³/mol. The van der Waals surface area contributed by atoms with Crippen molar-refractivity contribution in [3.05, 3.63) is 60.0 Å². The molecule has 0 N–H and O–H groups in total. The third-order valence-electron chi connectivity index (χ3n) is 5.19. The van der Waals surface area contributed by atoms with Crippen molar-refractivity contribution in [2.45, 2.75) is 13.5 Å². The molecule has 152 valence electrons. The topological polar surface area (TPSA) is 59.3 Å². The number of ether oxygens (including phenoxy) is 2. The first-order valence-electron chi connectivity index (χ1n) is 9.82. The fourth-order valence-corrected chi connectivity index (χ4v) is 3.57. The van der Waals surface area contributed by atoms with Gasteiger partial charge in [0.15, 0.2) is 18.1 Å². The molecule has 29 heavy (non-hydrogen) atoms. The Kier molecular flexibility index (Phi) is 5.67. The number of rotatable bonds is 6. The monoisotopic (exact) mass is 394 g/mol. The van der Waals surface area contributed by atoms with E-state index in [1.165, 1.54) is 0 Å². The van der Waals surface area contributed by atoms with E-state index in [0.29, 0.717) is 24.6 Å². The van der Waals surface area contributed by atoms with Crippen molar-refractivity contribution >= 4 is 11.6 Å². The lowest BCUT2D eigenvalue weighted by Crippen LogP contribution is -2.49. The molecule has 0 atom stereocenters. The van der Waals surface area contributed by atoms with E-state index in [4.69, 9.17) is 9.47 Å². The Bertz CT molecular complexity index is 960. The fraction of sp³-hybridized carbons (Fsp3) is 0.364. The van der Waals surface area contributed by atoms with Gasteiger partial charge in [0.25, 0.3) is 5.91 Å². The minimum atomic E-state index is 0.00000760. The van der Waals surface area contributed by atoms with Crippen LogP contribution >= 0.6 is 0 Å². The number of imidazole rings is 1. The van der Waals surface area contributed by atoms with E-state index >= 15 is 0 Å². The van der Waals surface area contributed by atoms with E-state index in [1.54, 1.807) is 7.11 Å². The van der Waals surface area contributed by atoms with E-state index in [0.717, 1.165) is 36.5 Å². The molecule has 0 spiro atoms. The van der Waals surface area contributed by atoms with Crippen LogP contribution < -0.4 is 9.47 Å². The Morgan fingerprint density at radius 3 is 2.69 bits per heavy atom. The molecule has 4 rings (SSSR count). The second-order valence-corrected chi connectivity index (χ2v) is 7.30. The van der Waals surface area contributed by atoms with Crippen LogP contribution in [0.25, 0.3) is 5.65 Å². The molecule has 1 aliphatic heterocycles. The number of nitrogens with zero attached hydrogens (tertiary/aromatic N) is 4. The molecule has 1 aromatic carbocycles. The van der Waals surface area contributed by atoms with Crippen LogP contribution in [0.15, 0.2) is 48.8 Å². The first-order valence-corrected chi connectivity index (χ1v) is 9.82. The summed E-state index contributed by atoms with van der Waals surface area (Å²) >= 11 is 0. The van der Waals surface area contributed by atoms with Crippen LogP contribution in [0.5, 0.6) is 11.5 Å². The number of amides is 1. The Morgan fingerprint density at radius 1 is 1.10 bits per heavy atom. The van der Waals surface area contributed by atoms with Crippen molar-refractivity contribution in [2.24, 2.45) is 0 Å². The molecule has 0 bridgehead atoms. The lowest BCUT2D eigenvalue weighted by molar-refractivity contribution is -0.135. The van der Waals surface area contributed by atoms with Crippen molar-refractivity contribution in [3.63, 3.8) is 0 Å². The number of methoxy groups -OCH3 is 1. The van der Waals surface area contributed by atoms with Crippen molar-refractivity contribution in [1.29, 1.82) is 0 Å². The molecule has 3 aromatic rings. The molecule has 1 saturated heterocycles. The molecular weight excluding hydrogens is 368 g/mol. The Labute approximate surface area is 170 Å². The minimum Gasteiger partial charge on any atom is -0.493 e. The molecule has 0 saturated carbocycles. The van der Waals surface area contributed by atoms with Crippen LogP contribution in [0, 0.1) is 6.92 Å². The van der Waals surface area contributed by atoms with Crippen LogP contribution in [0.3, 0.4) is 0 Å². The number of benzene rings is 1. The lowest BCUT2D eigenvalue weighted by atomic mass is 10.2. The van der Waals surface area contributed by atoms with Crippen LogP contribution in [0.2, 0.25) is 0 Å². The second-order valence-electron chi connectivity index (χ2n) is 7.30. The SMILES string of the molecule is COc1cc(C)ccc1OCC(=O)N1CCN(Cc2cn3ccccc3n2)CC1. The van der Waals surface area contributed by atoms with Gasteiger partial charge in [0.2, 0.25) is 0 Å². The first kappa shape index (κ1) is 19.3. The number of aromatic nitrogens is 2. The molecule has 7 heteroatoms. The second kappa shape index (κ2) is 8.53. The van der Waals surface area contributed by atoms with Gasteiger partial charge >= 0.3 is 0 Å². The zero-order valence-electron chi connectivity index (χ0n) is 16.9. The molecular formula is C22H26N4O3. The zero-order chi connectivity index (χ0) is 20.2. The molecule has 1 aliphatic rings. The standard InChI is InChI=1S/C22H26N4O3/c1-17-6-7-19(20(13-17)28-2)29-16-22(27)25-11-9-24(10-12-25)14-18-15-26-8-4-3-5-21(26)23-18/h3-8,13,15H,9-12,14,16H2,1-2H3. The number of carbonyl (C=O) groups is 1. The van der Waals surface area contributed by atoms with Crippen LogP contribution in [-0.2, 0) is 11.3 Å². The number of carbonyl (C=O) groups excluding carboxylic acids is 1. The summed E-state index contributed by atoms with van der Waals surface area (Å²) in [7, 11) is 1.60. The van der Waals surface area contributed by atoms with Crippen molar-refractivity contribution in [2.75, 3.05) is 39.9 Å². The quantitative estimate of drug-likeness (QED) is 0.643. The average molecular weight is 394 g/mol. The Morgan fingerprint density at radius 2 is 1.93 bits per heavy atom. The van der Waals surface area contributed by atoms with Gasteiger partial charge in [-0.05, 0) is 36.8 Å². The molecule has 0 aliphatic carbocycles. The molecule has 3 heterocycles. The Hall–Kier alpha value is -3.06. The van der Waals surface area contributed by atoms with Gasteiger partial charge in [-0.1, -0.05) is 12.1 Å².